The third-order valence-corrected chi connectivity index (χ3v) is 7.22. The average molecular weight is 775 g/mol. The van der Waals surface area contributed by atoms with Crippen LogP contribution >= 0.6 is 0 Å². The fourth-order valence-electron chi connectivity index (χ4n) is 5.03. The molecular formula is C42H30IrN2O-2. The van der Waals surface area contributed by atoms with Crippen LogP contribution in [0.1, 0.15) is 27.7 Å². The van der Waals surface area contributed by atoms with E-state index >= 15 is 0 Å². The molecule has 0 aliphatic carbocycles. The molecule has 0 atom stereocenters. The summed E-state index contributed by atoms with van der Waals surface area (Å²) in [6, 6.07) is 51.2. The number of aromatic nitrogens is 2. The van der Waals surface area contributed by atoms with Crippen molar-refractivity contribution >= 4 is 21.9 Å². The molecule has 8 rings (SSSR count). The first kappa shape index (κ1) is 26.1. The molecule has 0 aliphatic heterocycles. The second-order valence-corrected chi connectivity index (χ2v) is 10.3. The molecule has 0 aliphatic rings. The van der Waals surface area contributed by atoms with Crippen molar-refractivity contribution in [3.05, 3.63) is 192 Å². The normalized spacial score (nSPS) is 12.5. The summed E-state index contributed by atoms with van der Waals surface area (Å²) in [5, 5.41) is 2.05. The van der Waals surface area contributed by atoms with Crippen molar-refractivity contribution in [3.8, 4) is 22.5 Å². The SMILES string of the molecule is [2H]C([2H])(c1ccccc1)c1ccc(-c2[c-]cccc2)nc1.[2H]C([2H])(c1ccccc1)c1ccnc(-c2[c-]cc3oc4ccccc4c3c2)c1.[Ir]. The average Bonchev–Trinajstić information content (AvgIpc) is 3.54. The molecule has 0 unspecified atom stereocenters. The quantitative estimate of drug-likeness (QED) is 0.158. The smallest absolute Gasteiger partial charge is 0.120 e. The molecule has 3 nitrogen and oxygen atoms in total. The topological polar surface area (TPSA) is 38.9 Å². The zero-order valence-corrected chi connectivity index (χ0v) is 27.0. The molecule has 3 aromatic heterocycles. The summed E-state index contributed by atoms with van der Waals surface area (Å²) >= 11 is 0. The molecule has 0 N–H and O–H groups in total. The van der Waals surface area contributed by atoms with Gasteiger partial charge in [0.2, 0.25) is 0 Å². The molecule has 4 heteroatoms. The maximum Gasteiger partial charge on any atom is 0.120 e. The van der Waals surface area contributed by atoms with Crippen LogP contribution in [0.3, 0.4) is 0 Å². The molecule has 0 spiro atoms. The van der Waals surface area contributed by atoms with Gasteiger partial charge in [-0.1, -0.05) is 102 Å². The van der Waals surface area contributed by atoms with Crippen molar-refractivity contribution in [3.63, 3.8) is 0 Å². The molecule has 0 bridgehead atoms. The minimum absolute atomic E-state index is 0. The Morgan fingerprint density at radius 1 is 0.543 bits per heavy atom. The first-order chi connectivity index (χ1) is 23.8. The first-order valence-corrected chi connectivity index (χ1v) is 14.7. The van der Waals surface area contributed by atoms with Crippen molar-refractivity contribution in [1.29, 1.82) is 0 Å². The van der Waals surface area contributed by atoms with E-state index < -0.39 is 12.7 Å². The number of furan rings is 1. The second-order valence-electron chi connectivity index (χ2n) is 10.3. The molecule has 3 heterocycles. The molecular weight excluding hydrogens is 741 g/mol. The second kappa shape index (κ2) is 14.8. The number of nitrogens with zero attached hydrogens (tertiary/aromatic N) is 2. The van der Waals surface area contributed by atoms with Crippen molar-refractivity contribution in [1.82, 2.24) is 9.97 Å². The van der Waals surface area contributed by atoms with Gasteiger partial charge in [0.05, 0.1) is 5.58 Å². The van der Waals surface area contributed by atoms with Gasteiger partial charge in [0.1, 0.15) is 5.58 Å². The van der Waals surface area contributed by atoms with Crippen LogP contribution in [-0.4, -0.2) is 9.97 Å². The molecule has 1 radical (unpaired) electrons. The van der Waals surface area contributed by atoms with Crippen LogP contribution < -0.4 is 0 Å². The van der Waals surface area contributed by atoms with Crippen molar-refractivity contribution in [2.45, 2.75) is 12.7 Å². The molecule has 46 heavy (non-hydrogen) atoms. The number of hydrogen-bond acceptors (Lipinski definition) is 3. The summed E-state index contributed by atoms with van der Waals surface area (Å²) in [4.78, 5) is 8.83. The van der Waals surface area contributed by atoms with Gasteiger partial charge in [-0.2, -0.15) is 0 Å². The van der Waals surface area contributed by atoms with E-state index in [1.54, 1.807) is 54.9 Å². The Morgan fingerprint density at radius 2 is 1.26 bits per heavy atom. The Bertz CT molecular complexity index is 2330. The molecule has 0 saturated heterocycles. The van der Waals surface area contributed by atoms with Gasteiger partial charge in [0, 0.05) is 43.4 Å². The minimum atomic E-state index is -1.61. The van der Waals surface area contributed by atoms with Gasteiger partial charge in [-0.25, -0.2) is 0 Å². The summed E-state index contributed by atoms with van der Waals surface area (Å²) in [7, 11) is 0. The molecule has 225 valence electrons. The van der Waals surface area contributed by atoms with Crippen LogP contribution in [0.15, 0.2) is 162 Å². The van der Waals surface area contributed by atoms with E-state index in [1.807, 2.05) is 103 Å². The summed E-state index contributed by atoms with van der Waals surface area (Å²) < 4.78 is 39.7. The maximum absolute atomic E-state index is 8.60. The Balaban J connectivity index is 0.000000177. The molecule has 0 fully saturated rings. The van der Waals surface area contributed by atoms with E-state index in [9.17, 15) is 0 Å². The third-order valence-electron chi connectivity index (χ3n) is 7.22. The number of pyridine rings is 2. The molecule has 8 aromatic rings. The molecule has 5 aromatic carbocycles. The Labute approximate surface area is 288 Å². The number of rotatable bonds is 6. The third kappa shape index (κ3) is 7.38. The van der Waals surface area contributed by atoms with Crippen LogP contribution in [0.5, 0.6) is 0 Å². The number of para-hydroxylation sites is 1. The molecule has 0 amide bonds. The fourth-order valence-corrected chi connectivity index (χ4v) is 5.03. The number of hydrogen-bond donors (Lipinski definition) is 0. The van der Waals surface area contributed by atoms with Gasteiger partial charge >= 0.3 is 0 Å². The Morgan fingerprint density at radius 3 is 1.98 bits per heavy atom. The van der Waals surface area contributed by atoms with Crippen molar-refractivity contribution in [2.24, 2.45) is 0 Å². The van der Waals surface area contributed by atoms with E-state index in [0.717, 1.165) is 38.8 Å². The van der Waals surface area contributed by atoms with Gasteiger partial charge in [-0.3, -0.25) is 0 Å². The number of fused-ring (bicyclic) bond motifs is 3. The van der Waals surface area contributed by atoms with Crippen LogP contribution in [0, 0.1) is 12.1 Å². The maximum atomic E-state index is 8.60. The van der Waals surface area contributed by atoms with Gasteiger partial charge in [-0.05, 0) is 58.5 Å². The predicted molar refractivity (Wildman–Crippen MR) is 183 cm³/mol. The summed E-state index contributed by atoms with van der Waals surface area (Å²) in [6.07, 6.45) is 0.0959. The summed E-state index contributed by atoms with van der Waals surface area (Å²) in [5.74, 6) is 0. The largest absolute Gasteiger partial charge is 0.500 e. The summed E-state index contributed by atoms with van der Waals surface area (Å²) in [5.41, 5.74) is 7.17. The van der Waals surface area contributed by atoms with Crippen LogP contribution in [-0.2, 0) is 32.9 Å². The van der Waals surface area contributed by atoms with Gasteiger partial charge in [0.25, 0.3) is 0 Å². The van der Waals surface area contributed by atoms with Crippen molar-refractivity contribution < 1.29 is 30.0 Å². The Kier molecular flexibility index (Phi) is 8.37. The Hall–Kier alpha value is -5.15. The van der Waals surface area contributed by atoms with Crippen molar-refractivity contribution in [2.75, 3.05) is 0 Å². The van der Waals surface area contributed by atoms with Crippen LogP contribution in [0.2, 0.25) is 0 Å². The van der Waals surface area contributed by atoms with Gasteiger partial charge in [0.15, 0.2) is 0 Å². The van der Waals surface area contributed by atoms with E-state index in [0.29, 0.717) is 27.9 Å². The number of benzene rings is 5. The fraction of sp³-hybridized carbons (Fsp3) is 0.0476. The zero-order valence-electron chi connectivity index (χ0n) is 28.6. The van der Waals surface area contributed by atoms with E-state index in [1.165, 1.54) is 0 Å². The van der Waals surface area contributed by atoms with Gasteiger partial charge < -0.3 is 14.4 Å². The standard InChI is InChI=1S/C24H16NO.C18H14N.Ir/c1-2-6-17(7-3-1)14-18-12-13-25-22(15-18)19-10-11-24-21(16-19)20-8-4-5-9-23(20)26-24;1-3-7-15(8-4-1)13-16-11-12-18(19-14-16)17-9-5-2-6-10-17;/h1-9,11-13,15-16H,14H2;1-9,11-12,14H,13H2;/q2*-1;/i14D2;13D2;. The van der Waals surface area contributed by atoms with E-state index in [-0.39, 0.29) is 20.1 Å². The summed E-state index contributed by atoms with van der Waals surface area (Å²) in [6.45, 7) is 0. The monoisotopic (exact) mass is 775 g/mol. The van der Waals surface area contributed by atoms with Crippen LogP contribution in [0.4, 0.5) is 0 Å². The van der Waals surface area contributed by atoms with E-state index in [2.05, 4.69) is 22.1 Å². The minimum Gasteiger partial charge on any atom is -0.500 e. The molecule has 0 saturated carbocycles. The van der Waals surface area contributed by atoms with E-state index in [4.69, 9.17) is 9.90 Å². The van der Waals surface area contributed by atoms with Crippen LogP contribution in [0.25, 0.3) is 44.5 Å². The first-order valence-electron chi connectivity index (χ1n) is 16.7. The van der Waals surface area contributed by atoms with Gasteiger partial charge in [-0.15, -0.1) is 59.7 Å². The zero-order chi connectivity index (χ0) is 33.8. The predicted octanol–water partition coefficient (Wildman–Crippen LogP) is 10.2.